The molecule has 0 N–H and O–H groups in total. The summed E-state index contributed by atoms with van der Waals surface area (Å²) in [4.78, 5) is 11.6. The van der Waals surface area contributed by atoms with Crippen LogP contribution in [0.4, 0.5) is 26.3 Å². The van der Waals surface area contributed by atoms with E-state index < -0.39 is 40.7 Å². The predicted molar refractivity (Wildman–Crippen MR) is 55.6 cm³/mol. The van der Waals surface area contributed by atoms with Crippen LogP contribution >= 0.6 is 0 Å². The van der Waals surface area contributed by atoms with Crippen molar-refractivity contribution < 1.29 is 31.1 Å². The first-order chi connectivity index (χ1) is 8.44. The van der Waals surface area contributed by atoms with Gasteiger partial charge in [0, 0.05) is 11.5 Å². The highest BCUT2D eigenvalue weighted by molar-refractivity contribution is 5.99. The second-order valence-corrected chi connectivity index (χ2v) is 4.27. The van der Waals surface area contributed by atoms with E-state index in [-0.39, 0.29) is 6.07 Å². The summed E-state index contributed by atoms with van der Waals surface area (Å²) in [7, 11) is 0. The minimum atomic E-state index is -4.87. The number of ketones is 1. The number of carbonyl (C=O) groups excluding carboxylic acids is 1. The number of benzene rings is 1. The topological polar surface area (TPSA) is 17.1 Å². The third-order valence-electron chi connectivity index (χ3n) is 2.44. The van der Waals surface area contributed by atoms with Crippen molar-refractivity contribution in [3.05, 3.63) is 34.9 Å². The number of rotatable bonds is 2. The van der Waals surface area contributed by atoms with E-state index in [1.165, 1.54) is 13.8 Å². The van der Waals surface area contributed by atoms with Crippen LogP contribution in [0.25, 0.3) is 0 Å². The molecule has 0 aliphatic heterocycles. The lowest BCUT2D eigenvalue weighted by Crippen LogP contribution is -2.18. The highest BCUT2D eigenvalue weighted by Crippen LogP contribution is 2.37. The highest BCUT2D eigenvalue weighted by atomic mass is 19.4. The molecule has 0 saturated carbocycles. The van der Waals surface area contributed by atoms with Gasteiger partial charge in [-0.25, -0.2) is 0 Å². The molecule has 0 fully saturated rings. The highest BCUT2D eigenvalue weighted by Gasteiger charge is 2.38. The molecular formula is C12H10F6O. The molecule has 0 heterocycles. The van der Waals surface area contributed by atoms with Crippen LogP contribution in [-0.4, -0.2) is 5.78 Å². The third kappa shape index (κ3) is 3.48. The van der Waals surface area contributed by atoms with Gasteiger partial charge in [-0.1, -0.05) is 13.8 Å². The average Bonchev–Trinajstić information content (AvgIpc) is 2.24. The Balaban J connectivity index is 3.48. The van der Waals surface area contributed by atoms with Crippen LogP contribution < -0.4 is 0 Å². The molecule has 0 atom stereocenters. The molecule has 0 unspecified atom stereocenters. The smallest absolute Gasteiger partial charge is 0.294 e. The monoisotopic (exact) mass is 284 g/mol. The number of carbonyl (C=O) groups is 1. The summed E-state index contributed by atoms with van der Waals surface area (Å²) in [6.45, 7) is 2.64. The van der Waals surface area contributed by atoms with Crippen molar-refractivity contribution in [3.63, 3.8) is 0 Å². The minimum Gasteiger partial charge on any atom is -0.294 e. The van der Waals surface area contributed by atoms with Gasteiger partial charge < -0.3 is 0 Å². The predicted octanol–water partition coefficient (Wildman–Crippen LogP) is 4.56. The Labute approximate surface area is 105 Å². The van der Waals surface area contributed by atoms with Crippen molar-refractivity contribution in [2.45, 2.75) is 26.2 Å². The SMILES string of the molecule is CC(C)C(=O)c1cc(C(F)(F)F)ccc1C(F)(F)F. The summed E-state index contributed by atoms with van der Waals surface area (Å²) in [6.07, 6.45) is -9.67. The molecule has 0 spiro atoms. The summed E-state index contributed by atoms with van der Waals surface area (Å²) in [5.74, 6) is -1.80. The Hall–Kier alpha value is -1.53. The second-order valence-electron chi connectivity index (χ2n) is 4.27. The molecule has 0 aliphatic carbocycles. The standard InChI is InChI=1S/C12H10F6O/c1-6(2)10(19)8-5-7(11(13,14)15)3-4-9(8)12(16,17)18/h3-6H,1-2H3. The van der Waals surface area contributed by atoms with Crippen LogP contribution in [0, 0.1) is 5.92 Å². The molecule has 0 bridgehead atoms. The number of hydrogen-bond donors (Lipinski definition) is 0. The summed E-state index contributed by atoms with van der Waals surface area (Å²) in [6, 6.07) is 0.865. The van der Waals surface area contributed by atoms with Gasteiger partial charge in [0.1, 0.15) is 0 Å². The number of hydrogen-bond acceptors (Lipinski definition) is 1. The molecule has 0 amide bonds. The molecule has 1 rings (SSSR count). The van der Waals surface area contributed by atoms with Crippen LogP contribution in [0.2, 0.25) is 0 Å². The van der Waals surface area contributed by atoms with Gasteiger partial charge >= 0.3 is 12.4 Å². The van der Waals surface area contributed by atoms with Crippen LogP contribution in [0.1, 0.15) is 35.3 Å². The molecule has 7 heteroatoms. The quantitative estimate of drug-likeness (QED) is 0.574. The van der Waals surface area contributed by atoms with Crippen molar-refractivity contribution in [2.75, 3.05) is 0 Å². The Morgan fingerprint density at radius 3 is 1.89 bits per heavy atom. The van der Waals surface area contributed by atoms with Gasteiger partial charge in [0.15, 0.2) is 5.78 Å². The van der Waals surface area contributed by atoms with Gasteiger partial charge in [-0.05, 0) is 18.2 Å². The molecule has 1 aromatic rings. The summed E-state index contributed by atoms with van der Waals surface area (Å²) in [5, 5.41) is 0. The molecule has 0 radical (unpaired) electrons. The van der Waals surface area contributed by atoms with E-state index in [0.29, 0.717) is 12.1 Å². The van der Waals surface area contributed by atoms with Crippen molar-refractivity contribution in [1.29, 1.82) is 0 Å². The maximum Gasteiger partial charge on any atom is 0.417 e. The van der Waals surface area contributed by atoms with Crippen LogP contribution in [-0.2, 0) is 12.4 Å². The van der Waals surface area contributed by atoms with E-state index in [0.717, 1.165) is 0 Å². The molecule has 0 aromatic heterocycles. The number of Topliss-reactive ketones (excluding diaryl/α,β-unsaturated/α-hetero) is 1. The lowest BCUT2D eigenvalue weighted by atomic mass is 9.94. The van der Waals surface area contributed by atoms with Crippen molar-refractivity contribution >= 4 is 5.78 Å². The van der Waals surface area contributed by atoms with E-state index >= 15 is 0 Å². The molecule has 1 nitrogen and oxygen atoms in total. The van der Waals surface area contributed by atoms with Gasteiger partial charge in [-0.2, -0.15) is 26.3 Å². The average molecular weight is 284 g/mol. The minimum absolute atomic E-state index is 0.255. The lowest BCUT2D eigenvalue weighted by molar-refractivity contribution is -0.141. The fraction of sp³-hybridized carbons (Fsp3) is 0.417. The van der Waals surface area contributed by atoms with E-state index in [9.17, 15) is 31.1 Å². The molecule has 0 saturated heterocycles. The maximum atomic E-state index is 12.7. The Bertz CT molecular complexity index is 484. The second kappa shape index (κ2) is 4.86. The summed E-state index contributed by atoms with van der Waals surface area (Å²) in [5.41, 5.74) is -3.57. The fourth-order valence-corrected chi connectivity index (χ4v) is 1.48. The summed E-state index contributed by atoms with van der Waals surface area (Å²) < 4.78 is 75.4. The Kier molecular flexibility index (Phi) is 3.97. The van der Waals surface area contributed by atoms with E-state index in [4.69, 9.17) is 0 Å². The Morgan fingerprint density at radius 2 is 1.53 bits per heavy atom. The van der Waals surface area contributed by atoms with Gasteiger partial charge in [-0.3, -0.25) is 4.79 Å². The van der Waals surface area contributed by atoms with Gasteiger partial charge in [-0.15, -0.1) is 0 Å². The zero-order valence-corrected chi connectivity index (χ0v) is 9.99. The van der Waals surface area contributed by atoms with Crippen LogP contribution in [0.3, 0.4) is 0 Å². The molecular weight excluding hydrogens is 274 g/mol. The van der Waals surface area contributed by atoms with Gasteiger partial charge in [0.25, 0.3) is 0 Å². The molecule has 106 valence electrons. The van der Waals surface area contributed by atoms with E-state index in [2.05, 4.69) is 0 Å². The van der Waals surface area contributed by atoms with Crippen molar-refractivity contribution in [3.8, 4) is 0 Å². The van der Waals surface area contributed by atoms with Gasteiger partial charge in [0.05, 0.1) is 11.1 Å². The summed E-state index contributed by atoms with van der Waals surface area (Å²) >= 11 is 0. The number of alkyl halides is 6. The first-order valence-corrected chi connectivity index (χ1v) is 5.27. The fourth-order valence-electron chi connectivity index (χ4n) is 1.48. The third-order valence-corrected chi connectivity index (χ3v) is 2.44. The molecule has 19 heavy (non-hydrogen) atoms. The zero-order valence-electron chi connectivity index (χ0n) is 9.99. The first-order valence-electron chi connectivity index (χ1n) is 5.27. The zero-order chi connectivity index (χ0) is 15.0. The first kappa shape index (κ1) is 15.5. The maximum absolute atomic E-state index is 12.7. The van der Waals surface area contributed by atoms with E-state index in [1.807, 2.05) is 0 Å². The van der Waals surface area contributed by atoms with Crippen LogP contribution in [0.5, 0.6) is 0 Å². The van der Waals surface area contributed by atoms with Gasteiger partial charge in [0.2, 0.25) is 0 Å². The molecule has 0 aliphatic rings. The molecule has 1 aromatic carbocycles. The number of halogens is 6. The lowest BCUT2D eigenvalue weighted by Gasteiger charge is -2.16. The van der Waals surface area contributed by atoms with Crippen molar-refractivity contribution in [2.24, 2.45) is 5.92 Å². The van der Waals surface area contributed by atoms with E-state index in [1.54, 1.807) is 0 Å². The normalized spacial score (nSPS) is 12.9. The largest absolute Gasteiger partial charge is 0.417 e. The van der Waals surface area contributed by atoms with Crippen molar-refractivity contribution in [1.82, 2.24) is 0 Å². The van der Waals surface area contributed by atoms with Crippen LogP contribution in [0.15, 0.2) is 18.2 Å². The Morgan fingerprint density at radius 1 is 1.00 bits per heavy atom.